The second-order valence-electron chi connectivity index (χ2n) is 9.41. The molecule has 1 aliphatic heterocycles. The van der Waals surface area contributed by atoms with Crippen LogP contribution >= 0.6 is 0 Å². The summed E-state index contributed by atoms with van der Waals surface area (Å²) in [6.07, 6.45) is 0. The number of methoxy groups -OCH3 is 1. The fraction of sp³-hybridized carbons (Fsp3) is 0.357. The van der Waals surface area contributed by atoms with Gasteiger partial charge < -0.3 is 24.3 Å². The summed E-state index contributed by atoms with van der Waals surface area (Å²) >= 11 is 0. The summed E-state index contributed by atoms with van der Waals surface area (Å²) in [5, 5.41) is 8.79. The molecule has 1 fully saturated rings. The molecule has 0 radical (unpaired) electrons. The number of hydrogen-bond acceptors (Lipinski definition) is 7. The van der Waals surface area contributed by atoms with Crippen molar-refractivity contribution in [2.45, 2.75) is 0 Å². The van der Waals surface area contributed by atoms with Gasteiger partial charge in [-0.1, -0.05) is 12.1 Å². The normalized spacial score (nSPS) is 13.5. The van der Waals surface area contributed by atoms with Crippen LogP contribution in [0.3, 0.4) is 0 Å². The predicted molar refractivity (Wildman–Crippen MR) is 144 cm³/mol. The molecule has 0 N–H and O–H groups in total. The van der Waals surface area contributed by atoms with Crippen molar-refractivity contribution in [2.75, 3.05) is 71.9 Å². The third-order valence-electron chi connectivity index (χ3n) is 6.49. The maximum Gasteiger partial charge on any atom is 0.254 e. The van der Waals surface area contributed by atoms with Gasteiger partial charge in [-0.2, -0.15) is 0 Å². The molecule has 0 atom stereocenters. The van der Waals surface area contributed by atoms with Gasteiger partial charge in [0.25, 0.3) is 5.91 Å². The first kappa shape index (κ1) is 27.0. The number of nitrogens with zero attached hydrogens (tertiary/aromatic N) is 6. The number of amides is 2. The van der Waals surface area contributed by atoms with Crippen molar-refractivity contribution in [3.05, 3.63) is 72.0 Å². The van der Waals surface area contributed by atoms with Gasteiger partial charge in [-0.05, 0) is 62.6 Å². The lowest BCUT2D eigenvalue weighted by Crippen LogP contribution is -2.52. The molecule has 0 aliphatic carbocycles. The number of aromatic nitrogens is 2. The summed E-state index contributed by atoms with van der Waals surface area (Å²) in [4.78, 5) is 33.6. The number of rotatable bonds is 9. The minimum Gasteiger partial charge on any atom is -0.497 e. The predicted octanol–water partition coefficient (Wildman–Crippen LogP) is 2.64. The summed E-state index contributed by atoms with van der Waals surface area (Å²) in [6, 6.07) is 16.9. The van der Waals surface area contributed by atoms with Crippen LogP contribution in [0.1, 0.15) is 10.4 Å². The van der Waals surface area contributed by atoms with Gasteiger partial charge in [-0.25, -0.2) is 4.39 Å². The van der Waals surface area contributed by atoms with E-state index in [4.69, 9.17) is 4.74 Å². The number of ether oxygens (including phenoxy) is 1. The quantitative estimate of drug-likeness (QED) is 0.429. The molecule has 2 amide bonds. The monoisotopic (exact) mass is 520 g/mol. The van der Waals surface area contributed by atoms with Crippen molar-refractivity contribution >= 4 is 17.6 Å². The molecular formula is C28H33FN6O3. The third-order valence-corrected chi connectivity index (χ3v) is 6.49. The lowest BCUT2D eigenvalue weighted by Gasteiger charge is -2.36. The number of likely N-dealkylation sites (N-methyl/N-ethyl adjacent to an activating group) is 1. The molecule has 10 heteroatoms. The van der Waals surface area contributed by atoms with E-state index in [-0.39, 0.29) is 18.4 Å². The molecule has 0 unspecified atom stereocenters. The molecule has 0 spiro atoms. The molecule has 4 rings (SSSR count). The highest BCUT2D eigenvalue weighted by atomic mass is 19.1. The molecule has 2 heterocycles. The van der Waals surface area contributed by atoms with Crippen LogP contribution in [0.5, 0.6) is 5.75 Å². The van der Waals surface area contributed by atoms with Crippen LogP contribution in [0, 0.1) is 5.82 Å². The molecule has 200 valence electrons. The summed E-state index contributed by atoms with van der Waals surface area (Å²) < 4.78 is 18.6. The van der Waals surface area contributed by atoms with E-state index in [0.717, 1.165) is 22.8 Å². The molecule has 1 saturated heterocycles. The molecule has 1 aromatic heterocycles. The second kappa shape index (κ2) is 12.5. The van der Waals surface area contributed by atoms with Crippen LogP contribution < -0.4 is 9.64 Å². The second-order valence-corrected chi connectivity index (χ2v) is 9.41. The fourth-order valence-corrected chi connectivity index (χ4v) is 4.23. The van der Waals surface area contributed by atoms with Crippen LogP contribution in [0.25, 0.3) is 11.3 Å². The Morgan fingerprint density at radius 1 is 0.947 bits per heavy atom. The highest BCUT2D eigenvalue weighted by molar-refractivity contribution is 5.96. The van der Waals surface area contributed by atoms with E-state index in [2.05, 4.69) is 15.1 Å². The van der Waals surface area contributed by atoms with Crippen LogP contribution in [-0.2, 0) is 4.79 Å². The SMILES string of the molecule is COc1cccc(-c2ccc(N3CCN(C(=O)CN(CCN(C)C)C(=O)c4ccc(F)cc4)CC3)nn2)c1. The van der Waals surface area contributed by atoms with E-state index in [9.17, 15) is 14.0 Å². The zero-order chi connectivity index (χ0) is 27.1. The fourth-order valence-electron chi connectivity index (χ4n) is 4.23. The smallest absolute Gasteiger partial charge is 0.254 e. The third kappa shape index (κ3) is 6.83. The van der Waals surface area contributed by atoms with E-state index in [1.54, 1.807) is 12.0 Å². The van der Waals surface area contributed by atoms with Crippen LogP contribution in [0.15, 0.2) is 60.7 Å². The topological polar surface area (TPSA) is 82.1 Å². The van der Waals surface area contributed by atoms with Crippen molar-refractivity contribution in [2.24, 2.45) is 0 Å². The number of anilines is 1. The molecule has 9 nitrogen and oxygen atoms in total. The standard InChI is InChI=1S/C28H33FN6O3/c1-32(2)13-14-35(28(37)21-7-9-23(29)10-8-21)20-27(36)34-17-15-33(16-18-34)26-12-11-25(30-31-26)22-5-4-6-24(19-22)38-3/h4-12,19H,13-18,20H2,1-3H3. The highest BCUT2D eigenvalue weighted by Crippen LogP contribution is 2.23. The Morgan fingerprint density at radius 3 is 2.32 bits per heavy atom. The number of piperazine rings is 1. The van der Waals surface area contributed by atoms with Gasteiger partial charge in [0, 0.05) is 50.4 Å². The van der Waals surface area contributed by atoms with Gasteiger partial charge in [0.2, 0.25) is 5.91 Å². The van der Waals surface area contributed by atoms with Crippen LogP contribution in [0.4, 0.5) is 10.2 Å². The Balaban J connectivity index is 1.35. The minimum absolute atomic E-state index is 0.0287. The van der Waals surface area contributed by atoms with Gasteiger partial charge in [0.05, 0.1) is 12.8 Å². The Morgan fingerprint density at radius 2 is 1.68 bits per heavy atom. The van der Waals surface area contributed by atoms with Gasteiger partial charge in [-0.3, -0.25) is 9.59 Å². The van der Waals surface area contributed by atoms with Crippen molar-refractivity contribution in [1.82, 2.24) is 24.9 Å². The summed E-state index contributed by atoms with van der Waals surface area (Å²) in [6.45, 7) is 3.24. The molecule has 2 aromatic carbocycles. The number of carbonyl (C=O) groups excluding carboxylic acids is 2. The zero-order valence-electron chi connectivity index (χ0n) is 22.0. The van der Waals surface area contributed by atoms with E-state index >= 15 is 0 Å². The maximum atomic E-state index is 13.3. The highest BCUT2D eigenvalue weighted by Gasteiger charge is 2.26. The first-order chi connectivity index (χ1) is 18.3. The average molecular weight is 521 g/mol. The molecule has 3 aromatic rings. The van der Waals surface area contributed by atoms with Crippen LogP contribution in [0.2, 0.25) is 0 Å². The van der Waals surface area contributed by atoms with E-state index < -0.39 is 5.82 Å². The number of carbonyl (C=O) groups is 2. The van der Waals surface area contributed by atoms with Crippen molar-refractivity contribution in [3.63, 3.8) is 0 Å². The Bertz CT molecular complexity index is 1230. The summed E-state index contributed by atoms with van der Waals surface area (Å²) in [7, 11) is 5.45. The Labute approximate surface area is 222 Å². The lowest BCUT2D eigenvalue weighted by molar-refractivity contribution is -0.132. The maximum absolute atomic E-state index is 13.3. The minimum atomic E-state index is -0.407. The lowest BCUT2D eigenvalue weighted by atomic mass is 10.1. The Kier molecular flexibility index (Phi) is 8.85. The number of benzene rings is 2. The van der Waals surface area contributed by atoms with Crippen molar-refractivity contribution < 1.29 is 18.7 Å². The number of hydrogen-bond donors (Lipinski definition) is 0. The first-order valence-electron chi connectivity index (χ1n) is 12.5. The number of halogens is 1. The Hall–Kier alpha value is -4.05. The molecule has 0 saturated carbocycles. The summed E-state index contributed by atoms with van der Waals surface area (Å²) in [5.41, 5.74) is 2.04. The largest absolute Gasteiger partial charge is 0.497 e. The average Bonchev–Trinajstić information content (AvgIpc) is 2.95. The molecular weight excluding hydrogens is 487 g/mol. The molecule has 1 aliphatic rings. The van der Waals surface area contributed by atoms with E-state index in [0.29, 0.717) is 44.8 Å². The zero-order valence-corrected chi connectivity index (χ0v) is 22.0. The van der Waals surface area contributed by atoms with Gasteiger partial charge in [0.1, 0.15) is 18.1 Å². The van der Waals surface area contributed by atoms with Crippen LogP contribution in [-0.4, -0.2) is 104 Å². The molecule has 38 heavy (non-hydrogen) atoms. The van der Waals surface area contributed by atoms with Gasteiger partial charge in [-0.15, -0.1) is 10.2 Å². The van der Waals surface area contributed by atoms with Gasteiger partial charge >= 0.3 is 0 Å². The van der Waals surface area contributed by atoms with Crippen molar-refractivity contribution in [1.29, 1.82) is 0 Å². The van der Waals surface area contributed by atoms with Crippen molar-refractivity contribution in [3.8, 4) is 17.0 Å². The molecule has 0 bridgehead atoms. The first-order valence-corrected chi connectivity index (χ1v) is 12.5. The summed E-state index contributed by atoms with van der Waals surface area (Å²) in [5.74, 6) is 0.704. The van der Waals surface area contributed by atoms with E-state index in [1.807, 2.05) is 55.4 Å². The van der Waals surface area contributed by atoms with Gasteiger partial charge in [0.15, 0.2) is 5.82 Å². The van der Waals surface area contributed by atoms with E-state index in [1.165, 1.54) is 29.2 Å².